The number of ether oxygens (including phenoxy) is 1. The van der Waals surface area contributed by atoms with Crippen LogP contribution in [0.5, 0.6) is 0 Å². The summed E-state index contributed by atoms with van der Waals surface area (Å²) in [5, 5.41) is 9.22. The summed E-state index contributed by atoms with van der Waals surface area (Å²) in [6.45, 7) is 3.49. The summed E-state index contributed by atoms with van der Waals surface area (Å²) in [4.78, 5) is 13.6. The van der Waals surface area contributed by atoms with Gasteiger partial charge in [0, 0.05) is 6.54 Å². The van der Waals surface area contributed by atoms with Crippen LogP contribution < -0.4 is 0 Å². The topological polar surface area (TPSA) is 49.8 Å². The van der Waals surface area contributed by atoms with Crippen LogP contribution in [0.2, 0.25) is 0 Å². The van der Waals surface area contributed by atoms with E-state index in [2.05, 4.69) is 4.90 Å². The van der Waals surface area contributed by atoms with Crippen molar-refractivity contribution in [3.8, 4) is 0 Å². The SMILES string of the molecule is COC(=O)[C@H]1CCCCN1CCC(C)O. The molecule has 1 fully saturated rings. The summed E-state index contributed by atoms with van der Waals surface area (Å²) < 4.78 is 4.78. The lowest BCUT2D eigenvalue weighted by Crippen LogP contribution is -2.46. The summed E-state index contributed by atoms with van der Waals surface area (Å²) >= 11 is 0. The van der Waals surface area contributed by atoms with Crippen molar-refractivity contribution in [1.29, 1.82) is 0 Å². The second-order valence-electron chi connectivity index (χ2n) is 4.21. The zero-order valence-corrected chi connectivity index (χ0v) is 9.61. The Hall–Kier alpha value is -0.610. The van der Waals surface area contributed by atoms with Crippen molar-refractivity contribution < 1.29 is 14.6 Å². The third-order valence-corrected chi connectivity index (χ3v) is 2.92. The number of hydrogen-bond donors (Lipinski definition) is 1. The van der Waals surface area contributed by atoms with Gasteiger partial charge in [0.15, 0.2) is 0 Å². The van der Waals surface area contributed by atoms with E-state index in [9.17, 15) is 9.90 Å². The van der Waals surface area contributed by atoms with E-state index in [1.165, 1.54) is 7.11 Å². The van der Waals surface area contributed by atoms with Crippen molar-refractivity contribution in [2.45, 2.75) is 44.8 Å². The van der Waals surface area contributed by atoms with Crippen molar-refractivity contribution >= 4 is 5.97 Å². The number of carbonyl (C=O) groups is 1. The third-order valence-electron chi connectivity index (χ3n) is 2.92. The van der Waals surface area contributed by atoms with E-state index in [4.69, 9.17) is 4.74 Å². The van der Waals surface area contributed by atoms with Crippen LogP contribution >= 0.6 is 0 Å². The van der Waals surface area contributed by atoms with Crippen LogP contribution in [0.3, 0.4) is 0 Å². The Kier molecular flexibility index (Phi) is 5.05. The van der Waals surface area contributed by atoms with Gasteiger partial charge < -0.3 is 9.84 Å². The maximum Gasteiger partial charge on any atom is 0.323 e. The molecule has 1 rings (SSSR count). The Balaban J connectivity index is 2.46. The van der Waals surface area contributed by atoms with Gasteiger partial charge in [-0.25, -0.2) is 0 Å². The maximum atomic E-state index is 11.5. The molecule has 0 amide bonds. The summed E-state index contributed by atoms with van der Waals surface area (Å²) in [6.07, 6.45) is 3.52. The van der Waals surface area contributed by atoms with Gasteiger partial charge in [-0.05, 0) is 32.7 Å². The molecule has 0 aromatic carbocycles. The minimum Gasteiger partial charge on any atom is -0.468 e. The van der Waals surface area contributed by atoms with Crippen molar-refractivity contribution in [2.75, 3.05) is 20.2 Å². The Morgan fingerprint density at radius 2 is 2.33 bits per heavy atom. The number of likely N-dealkylation sites (tertiary alicyclic amines) is 1. The molecular weight excluding hydrogens is 194 g/mol. The van der Waals surface area contributed by atoms with Gasteiger partial charge >= 0.3 is 5.97 Å². The van der Waals surface area contributed by atoms with Crippen molar-refractivity contribution in [3.05, 3.63) is 0 Å². The first-order valence-electron chi connectivity index (χ1n) is 5.65. The molecule has 88 valence electrons. The Labute approximate surface area is 91.2 Å². The quantitative estimate of drug-likeness (QED) is 0.704. The van der Waals surface area contributed by atoms with Gasteiger partial charge in [0.25, 0.3) is 0 Å². The Morgan fingerprint density at radius 1 is 1.60 bits per heavy atom. The molecule has 0 aromatic rings. The predicted molar refractivity (Wildman–Crippen MR) is 57.5 cm³/mol. The second kappa shape index (κ2) is 6.08. The van der Waals surface area contributed by atoms with Crippen LogP contribution in [-0.4, -0.2) is 48.3 Å². The van der Waals surface area contributed by atoms with E-state index in [0.717, 1.165) is 32.4 Å². The van der Waals surface area contributed by atoms with E-state index in [0.29, 0.717) is 6.42 Å². The molecule has 1 aliphatic heterocycles. The van der Waals surface area contributed by atoms with E-state index >= 15 is 0 Å². The average molecular weight is 215 g/mol. The van der Waals surface area contributed by atoms with E-state index in [1.54, 1.807) is 6.92 Å². The highest BCUT2D eigenvalue weighted by Gasteiger charge is 2.28. The molecule has 4 heteroatoms. The summed E-state index contributed by atoms with van der Waals surface area (Å²) in [5.41, 5.74) is 0. The first-order valence-corrected chi connectivity index (χ1v) is 5.65. The fraction of sp³-hybridized carbons (Fsp3) is 0.909. The fourth-order valence-corrected chi connectivity index (χ4v) is 2.01. The van der Waals surface area contributed by atoms with Gasteiger partial charge in [0.1, 0.15) is 6.04 Å². The zero-order chi connectivity index (χ0) is 11.3. The van der Waals surface area contributed by atoms with Crippen LogP contribution in [0, 0.1) is 0 Å². The Bertz CT molecular complexity index is 206. The third kappa shape index (κ3) is 3.80. The van der Waals surface area contributed by atoms with Crippen molar-refractivity contribution in [1.82, 2.24) is 4.90 Å². The van der Waals surface area contributed by atoms with E-state index in [-0.39, 0.29) is 18.1 Å². The molecule has 0 bridgehead atoms. The molecule has 0 aliphatic carbocycles. The lowest BCUT2D eigenvalue weighted by molar-refractivity contribution is -0.148. The molecule has 1 aliphatic rings. The molecule has 15 heavy (non-hydrogen) atoms. The number of piperidine rings is 1. The normalized spacial score (nSPS) is 24.9. The summed E-state index contributed by atoms with van der Waals surface area (Å²) in [5.74, 6) is -0.139. The van der Waals surface area contributed by atoms with Crippen molar-refractivity contribution in [2.24, 2.45) is 0 Å². The first kappa shape index (κ1) is 12.5. The van der Waals surface area contributed by atoms with Crippen LogP contribution in [0.15, 0.2) is 0 Å². The van der Waals surface area contributed by atoms with E-state index in [1.807, 2.05) is 0 Å². The maximum absolute atomic E-state index is 11.5. The molecular formula is C11H21NO3. The lowest BCUT2D eigenvalue weighted by Gasteiger charge is -2.33. The molecule has 0 radical (unpaired) electrons. The number of methoxy groups -OCH3 is 1. The number of esters is 1. The highest BCUT2D eigenvalue weighted by atomic mass is 16.5. The number of aliphatic hydroxyl groups is 1. The molecule has 1 N–H and O–H groups in total. The average Bonchev–Trinajstić information content (AvgIpc) is 2.25. The molecule has 0 spiro atoms. The molecule has 2 atom stereocenters. The largest absolute Gasteiger partial charge is 0.468 e. The molecule has 4 nitrogen and oxygen atoms in total. The number of hydrogen-bond acceptors (Lipinski definition) is 4. The summed E-state index contributed by atoms with van der Waals surface area (Å²) in [6, 6.07) is -0.0949. The number of carbonyl (C=O) groups excluding carboxylic acids is 1. The first-order chi connectivity index (χ1) is 7.15. The minimum absolute atomic E-state index is 0.0949. The molecule has 1 unspecified atom stereocenters. The molecule has 1 heterocycles. The van der Waals surface area contributed by atoms with Gasteiger partial charge in [0.05, 0.1) is 13.2 Å². The lowest BCUT2D eigenvalue weighted by atomic mass is 10.0. The van der Waals surface area contributed by atoms with Gasteiger partial charge in [-0.3, -0.25) is 9.69 Å². The number of aliphatic hydroxyl groups excluding tert-OH is 1. The van der Waals surface area contributed by atoms with Crippen LogP contribution in [0.25, 0.3) is 0 Å². The highest BCUT2D eigenvalue weighted by molar-refractivity contribution is 5.75. The standard InChI is InChI=1S/C11H21NO3/c1-9(13)6-8-12-7-4-3-5-10(12)11(14)15-2/h9-10,13H,3-8H2,1-2H3/t9?,10-/m1/s1. The van der Waals surface area contributed by atoms with Crippen LogP contribution in [0.4, 0.5) is 0 Å². The van der Waals surface area contributed by atoms with Crippen LogP contribution in [0.1, 0.15) is 32.6 Å². The van der Waals surface area contributed by atoms with Crippen molar-refractivity contribution in [3.63, 3.8) is 0 Å². The Morgan fingerprint density at radius 3 is 2.93 bits per heavy atom. The monoisotopic (exact) mass is 215 g/mol. The van der Waals surface area contributed by atoms with E-state index < -0.39 is 0 Å². The highest BCUT2D eigenvalue weighted by Crippen LogP contribution is 2.18. The smallest absolute Gasteiger partial charge is 0.323 e. The minimum atomic E-state index is -0.301. The predicted octanol–water partition coefficient (Wildman–Crippen LogP) is 0.785. The second-order valence-corrected chi connectivity index (χ2v) is 4.21. The number of nitrogens with zero attached hydrogens (tertiary/aromatic N) is 1. The van der Waals surface area contributed by atoms with Gasteiger partial charge in [-0.2, -0.15) is 0 Å². The summed E-state index contributed by atoms with van der Waals surface area (Å²) in [7, 11) is 1.43. The fourth-order valence-electron chi connectivity index (χ4n) is 2.01. The van der Waals surface area contributed by atoms with Gasteiger partial charge in [-0.1, -0.05) is 6.42 Å². The van der Waals surface area contributed by atoms with Crippen LogP contribution in [-0.2, 0) is 9.53 Å². The molecule has 1 saturated heterocycles. The van der Waals surface area contributed by atoms with Gasteiger partial charge in [-0.15, -0.1) is 0 Å². The molecule has 0 aromatic heterocycles. The zero-order valence-electron chi connectivity index (χ0n) is 9.61. The molecule has 0 saturated carbocycles. The number of rotatable bonds is 4. The van der Waals surface area contributed by atoms with Gasteiger partial charge in [0.2, 0.25) is 0 Å².